The van der Waals surface area contributed by atoms with Gasteiger partial charge in [-0.25, -0.2) is 19.3 Å². The lowest BCUT2D eigenvalue weighted by atomic mass is 9.99. The predicted octanol–water partition coefficient (Wildman–Crippen LogP) is 4.88. The number of nitrogens with one attached hydrogen (secondary N) is 1. The number of hydrogen-bond acceptors (Lipinski definition) is 8. The Bertz CT molecular complexity index is 1350. The molecule has 2 saturated heterocycles. The molecule has 1 aromatic carbocycles. The highest BCUT2D eigenvalue weighted by atomic mass is 19.1. The molecule has 8 nitrogen and oxygen atoms in total. The second-order valence-corrected chi connectivity index (χ2v) is 9.61. The van der Waals surface area contributed by atoms with Crippen LogP contribution in [0.5, 0.6) is 0 Å². The number of hydrogen-bond donors (Lipinski definition) is 2. The Kier molecular flexibility index (Phi) is 7.85. The molecular weight excluding hydrogens is 483 g/mol. The van der Waals surface area contributed by atoms with Crippen LogP contribution in [0.15, 0.2) is 53.3 Å². The minimum absolute atomic E-state index is 0.293. The monoisotopic (exact) mass is 518 g/mol. The molecular formula is C29H35FN6O2. The lowest BCUT2D eigenvalue weighted by molar-refractivity contribution is 0.145. The fraction of sp³-hybridized carbons (Fsp3) is 0.414. The van der Waals surface area contributed by atoms with Crippen molar-refractivity contribution in [2.45, 2.75) is 45.8 Å². The summed E-state index contributed by atoms with van der Waals surface area (Å²) in [4.78, 5) is 18.3. The van der Waals surface area contributed by atoms with Gasteiger partial charge in [-0.2, -0.15) is 0 Å². The largest absolute Gasteiger partial charge is 0.437 e. The Balaban J connectivity index is 0.00000144. The average molecular weight is 519 g/mol. The molecule has 9 heteroatoms. The first kappa shape index (κ1) is 26.1. The summed E-state index contributed by atoms with van der Waals surface area (Å²) in [6, 6.07) is 10.9. The summed E-state index contributed by atoms with van der Waals surface area (Å²) in [5.74, 6) is 2.02. The van der Waals surface area contributed by atoms with Crippen LogP contribution in [-0.2, 0) is 0 Å². The third kappa shape index (κ3) is 5.21. The zero-order valence-corrected chi connectivity index (χ0v) is 22.2. The number of furan rings is 1. The molecule has 200 valence electrons. The molecule has 1 unspecified atom stereocenters. The van der Waals surface area contributed by atoms with Gasteiger partial charge in [0, 0.05) is 56.1 Å². The van der Waals surface area contributed by atoms with Gasteiger partial charge in [-0.15, -0.1) is 0 Å². The van der Waals surface area contributed by atoms with Crippen molar-refractivity contribution in [2.24, 2.45) is 0 Å². The minimum Gasteiger partial charge on any atom is -0.437 e. The van der Waals surface area contributed by atoms with Gasteiger partial charge >= 0.3 is 0 Å². The van der Waals surface area contributed by atoms with Gasteiger partial charge in [0.15, 0.2) is 0 Å². The number of benzene rings is 1. The average Bonchev–Trinajstić information content (AvgIpc) is 3.35. The second kappa shape index (κ2) is 11.4. The molecule has 0 radical (unpaired) electrons. The van der Waals surface area contributed by atoms with Crippen molar-refractivity contribution in [1.29, 1.82) is 0 Å². The maximum absolute atomic E-state index is 13.8. The van der Waals surface area contributed by atoms with Crippen LogP contribution in [0.2, 0.25) is 0 Å². The molecule has 2 aliphatic rings. The van der Waals surface area contributed by atoms with Crippen LogP contribution in [-0.4, -0.2) is 64.9 Å². The summed E-state index contributed by atoms with van der Waals surface area (Å²) in [5, 5.41) is 14.2. The number of anilines is 2. The van der Waals surface area contributed by atoms with Crippen LogP contribution in [0.4, 0.5) is 16.0 Å². The van der Waals surface area contributed by atoms with Crippen molar-refractivity contribution >= 4 is 22.7 Å². The van der Waals surface area contributed by atoms with Crippen molar-refractivity contribution in [3.05, 3.63) is 54.7 Å². The van der Waals surface area contributed by atoms with E-state index in [-0.39, 0.29) is 11.9 Å². The lowest BCUT2D eigenvalue weighted by Gasteiger charge is -2.32. The van der Waals surface area contributed by atoms with Crippen molar-refractivity contribution in [1.82, 2.24) is 20.3 Å². The molecule has 0 amide bonds. The van der Waals surface area contributed by atoms with E-state index >= 15 is 0 Å². The number of halogens is 1. The second-order valence-electron chi connectivity index (χ2n) is 9.61. The van der Waals surface area contributed by atoms with Gasteiger partial charge < -0.3 is 24.6 Å². The van der Waals surface area contributed by atoms with Gasteiger partial charge in [0.1, 0.15) is 29.5 Å². The Morgan fingerprint density at radius 3 is 2.37 bits per heavy atom. The van der Waals surface area contributed by atoms with Crippen LogP contribution >= 0.6 is 0 Å². The summed E-state index contributed by atoms with van der Waals surface area (Å²) in [7, 11) is 0. The number of pyridine rings is 1. The van der Waals surface area contributed by atoms with E-state index in [9.17, 15) is 9.50 Å². The van der Waals surface area contributed by atoms with Crippen LogP contribution < -0.4 is 15.1 Å². The normalized spacial score (nSPS) is 18.4. The maximum Gasteiger partial charge on any atom is 0.232 e. The molecule has 0 saturated carbocycles. The van der Waals surface area contributed by atoms with Crippen molar-refractivity contribution < 1.29 is 13.9 Å². The first-order chi connectivity index (χ1) is 18.6. The summed E-state index contributed by atoms with van der Waals surface area (Å²) in [6.45, 7) is 10.3. The zero-order chi connectivity index (χ0) is 26.6. The Morgan fingerprint density at radius 2 is 1.68 bits per heavy atom. The number of fused-ring (bicyclic) bond motifs is 1. The van der Waals surface area contributed by atoms with Gasteiger partial charge in [-0.1, -0.05) is 26.0 Å². The Hall–Kier alpha value is -3.56. The van der Waals surface area contributed by atoms with E-state index in [2.05, 4.69) is 32.0 Å². The number of aliphatic hydroxyl groups excluding tert-OH is 1. The number of aromatic nitrogens is 3. The van der Waals surface area contributed by atoms with Crippen molar-refractivity contribution in [3.8, 4) is 22.5 Å². The molecule has 0 spiro atoms. The van der Waals surface area contributed by atoms with E-state index in [4.69, 9.17) is 9.40 Å². The third-order valence-corrected chi connectivity index (χ3v) is 7.07. The number of piperazine rings is 1. The summed E-state index contributed by atoms with van der Waals surface area (Å²) in [6.07, 6.45) is 4.41. The fourth-order valence-electron chi connectivity index (χ4n) is 5.18. The van der Waals surface area contributed by atoms with Gasteiger partial charge in [-0.3, -0.25) is 0 Å². The molecule has 6 rings (SSSR count). The van der Waals surface area contributed by atoms with E-state index in [0.717, 1.165) is 53.3 Å². The highest BCUT2D eigenvalue weighted by Crippen LogP contribution is 2.43. The smallest absolute Gasteiger partial charge is 0.232 e. The lowest BCUT2D eigenvalue weighted by Crippen LogP contribution is -2.49. The van der Waals surface area contributed by atoms with Crippen LogP contribution in [0.3, 0.4) is 0 Å². The van der Waals surface area contributed by atoms with Crippen LogP contribution in [0.1, 0.15) is 33.6 Å². The third-order valence-electron chi connectivity index (χ3n) is 7.07. The summed E-state index contributed by atoms with van der Waals surface area (Å²) < 4.78 is 20.2. The fourth-order valence-corrected chi connectivity index (χ4v) is 5.18. The summed E-state index contributed by atoms with van der Waals surface area (Å²) >= 11 is 0. The first-order valence-corrected chi connectivity index (χ1v) is 13.5. The number of rotatable bonds is 4. The van der Waals surface area contributed by atoms with E-state index in [1.807, 2.05) is 32.2 Å². The predicted molar refractivity (Wildman–Crippen MR) is 149 cm³/mol. The van der Waals surface area contributed by atoms with Crippen LogP contribution in [0, 0.1) is 5.82 Å². The molecule has 0 aliphatic carbocycles. The molecule has 1 atom stereocenters. The van der Waals surface area contributed by atoms with Gasteiger partial charge in [-0.05, 0) is 49.6 Å². The minimum atomic E-state index is -0.300. The molecule has 5 heterocycles. The van der Waals surface area contributed by atoms with Gasteiger partial charge in [0.25, 0.3) is 0 Å². The number of aliphatic hydroxyl groups is 1. The molecule has 4 aromatic rings. The zero-order valence-electron chi connectivity index (χ0n) is 22.2. The molecule has 2 aliphatic heterocycles. The maximum atomic E-state index is 13.8. The topological polar surface area (TPSA) is 90.6 Å². The van der Waals surface area contributed by atoms with Gasteiger partial charge in [0.05, 0.1) is 11.5 Å². The van der Waals surface area contributed by atoms with Crippen molar-refractivity contribution in [2.75, 3.05) is 42.5 Å². The van der Waals surface area contributed by atoms with E-state index in [0.29, 0.717) is 43.4 Å². The highest BCUT2D eigenvalue weighted by molar-refractivity contribution is 6.06. The summed E-state index contributed by atoms with van der Waals surface area (Å²) in [5.41, 5.74) is 2.93. The molecule has 0 bridgehead atoms. The van der Waals surface area contributed by atoms with E-state index in [1.165, 1.54) is 18.5 Å². The molecule has 3 aromatic heterocycles. The Morgan fingerprint density at radius 1 is 0.947 bits per heavy atom. The standard InChI is InChI=1S/C27H29FN6O2.C2H6/c1-17-15-34(13-10-29-17)22-7-4-19(14-30-22)25-23(18-2-5-20(28)6-3-18)24-26(31-16-32-27(24)36-25)33-11-8-21(35)9-12-33;1-2/h2-7,14,16-17,21,29,35H,8-13,15H2,1H3;1-2H3. The molecule has 38 heavy (non-hydrogen) atoms. The number of piperidine rings is 1. The van der Waals surface area contributed by atoms with Crippen LogP contribution in [0.25, 0.3) is 33.6 Å². The quantitative estimate of drug-likeness (QED) is 0.395. The SMILES string of the molecule is CC.CC1CN(c2ccc(-c3oc4ncnc(N5CCC(O)CC5)c4c3-c3ccc(F)cc3)cn2)CCN1. The van der Waals surface area contributed by atoms with E-state index in [1.54, 1.807) is 12.1 Å². The molecule has 2 N–H and O–H groups in total. The van der Waals surface area contributed by atoms with E-state index < -0.39 is 0 Å². The Labute approximate surface area is 222 Å². The molecule has 2 fully saturated rings. The first-order valence-electron chi connectivity index (χ1n) is 13.5. The van der Waals surface area contributed by atoms with Gasteiger partial charge in [0.2, 0.25) is 5.71 Å². The number of nitrogens with zero attached hydrogens (tertiary/aromatic N) is 5. The highest BCUT2D eigenvalue weighted by Gasteiger charge is 2.27. The van der Waals surface area contributed by atoms with Crippen molar-refractivity contribution in [3.63, 3.8) is 0 Å².